The fourth-order valence-corrected chi connectivity index (χ4v) is 3.18. The smallest absolute Gasteiger partial charge is 0.0233 e. The molecule has 1 aromatic rings. The monoisotopic (exact) mass is 274 g/mol. The number of nitrogens with zero attached hydrogens (tertiary/aromatic N) is 1. The van der Waals surface area contributed by atoms with Gasteiger partial charge >= 0.3 is 0 Å². The standard InChI is InChI=1S/C18H30N2/c1-18(2,3)17-9-11-20(12-10-17)14-16-7-5-15(6-8-16)13-19-4/h5-8,17,19H,9-14H2,1-4H3. The molecule has 1 saturated heterocycles. The molecule has 0 unspecified atom stereocenters. The summed E-state index contributed by atoms with van der Waals surface area (Å²) < 4.78 is 0. The van der Waals surface area contributed by atoms with E-state index >= 15 is 0 Å². The lowest BCUT2D eigenvalue weighted by Gasteiger charge is -2.38. The Kier molecular flexibility index (Phi) is 5.22. The van der Waals surface area contributed by atoms with Gasteiger partial charge in [-0.15, -0.1) is 0 Å². The lowest BCUT2D eigenvalue weighted by atomic mass is 9.75. The van der Waals surface area contributed by atoms with Gasteiger partial charge in [0.05, 0.1) is 0 Å². The minimum atomic E-state index is 0.473. The number of likely N-dealkylation sites (tertiary alicyclic amines) is 1. The number of hydrogen-bond donors (Lipinski definition) is 1. The van der Waals surface area contributed by atoms with Crippen LogP contribution >= 0.6 is 0 Å². The molecule has 2 nitrogen and oxygen atoms in total. The molecule has 0 bridgehead atoms. The zero-order valence-corrected chi connectivity index (χ0v) is 13.6. The molecular formula is C18H30N2. The molecule has 0 spiro atoms. The molecule has 1 fully saturated rings. The topological polar surface area (TPSA) is 15.3 Å². The molecule has 1 aromatic carbocycles. The van der Waals surface area contributed by atoms with Crippen LogP contribution in [0, 0.1) is 11.3 Å². The van der Waals surface area contributed by atoms with Gasteiger partial charge in [0, 0.05) is 13.1 Å². The van der Waals surface area contributed by atoms with Gasteiger partial charge in [0.25, 0.3) is 0 Å². The molecule has 0 radical (unpaired) electrons. The Bertz CT molecular complexity index is 394. The van der Waals surface area contributed by atoms with Crippen LogP contribution in [-0.2, 0) is 13.1 Å². The summed E-state index contributed by atoms with van der Waals surface area (Å²) in [5, 5.41) is 3.19. The first-order valence-electron chi connectivity index (χ1n) is 7.94. The minimum absolute atomic E-state index is 0.473. The van der Waals surface area contributed by atoms with Gasteiger partial charge in [0.15, 0.2) is 0 Å². The molecule has 1 heterocycles. The molecule has 0 aliphatic carbocycles. The Balaban J connectivity index is 1.83. The molecule has 112 valence electrons. The van der Waals surface area contributed by atoms with E-state index in [9.17, 15) is 0 Å². The summed E-state index contributed by atoms with van der Waals surface area (Å²) >= 11 is 0. The van der Waals surface area contributed by atoms with Gasteiger partial charge in [-0.25, -0.2) is 0 Å². The maximum absolute atomic E-state index is 3.19. The number of nitrogens with one attached hydrogen (secondary N) is 1. The lowest BCUT2D eigenvalue weighted by molar-refractivity contribution is 0.108. The van der Waals surface area contributed by atoms with Crippen molar-refractivity contribution in [2.75, 3.05) is 20.1 Å². The van der Waals surface area contributed by atoms with Crippen molar-refractivity contribution in [3.8, 4) is 0 Å². The van der Waals surface area contributed by atoms with E-state index in [2.05, 4.69) is 55.3 Å². The van der Waals surface area contributed by atoms with E-state index in [0.717, 1.165) is 19.0 Å². The van der Waals surface area contributed by atoms with E-state index in [-0.39, 0.29) is 0 Å². The molecule has 1 aliphatic heterocycles. The van der Waals surface area contributed by atoms with Crippen molar-refractivity contribution in [3.63, 3.8) is 0 Å². The van der Waals surface area contributed by atoms with E-state index in [4.69, 9.17) is 0 Å². The van der Waals surface area contributed by atoms with Crippen LogP contribution < -0.4 is 5.32 Å². The summed E-state index contributed by atoms with van der Waals surface area (Å²) in [5.41, 5.74) is 3.28. The second kappa shape index (κ2) is 6.73. The Morgan fingerprint density at radius 1 is 1.05 bits per heavy atom. The minimum Gasteiger partial charge on any atom is -0.316 e. The van der Waals surface area contributed by atoms with Crippen molar-refractivity contribution in [2.45, 2.75) is 46.7 Å². The van der Waals surface area contributed by atoms with E-state index in [1.165, 1.54) is 37.1 Å². The number of benzene rings is 1. The molecule has 0 amide bonds. The second-order valence-electron chi connectivity index (χ2n) is 7.26. The fraction of sp³-hybridized carbons (Fsp3) is 0.667. The first kappa shape index (κ1) is 15.5. The van der Waals surface area contributed by atoms with Gasteiger partial charge < -0.3 is 5.32 Å². The Morgan fingerprint density at radius 2 is 1.60 bits per heavy atom. The SMILES string of the molecule is CNCc1ccc(CN2CCC(C(C)(C)C)CC2)cc1. The molecule has 20 heavy (non-hydrogen) atoms. The molecule has 0 saturated carbocycles. The van der Waals surface area contributed by atoms with Crippen LogP contribution in [-0.4, -0.2) is 25.0 Å². The van der Waals surface area contributed by atoms with E-state index in [1.54, 1.807) is 0 Å². The van der Waals surface area contributed by atoms with Gasteiger partial charge in [-0.3, -0.25) is 4.90 Å². The van der Waals surface area contributed by atoms with Crippen LogP contribution in [0.5, 0.6) is 0 Å². The van der Waals surface area contributed by atoms with Crippen LogP contribution in [0.3, 0.4) is 0 Å². The number of rotatable bonds is 4. The van der Waals surface area contributed by atoms with E-state index in [1.807, 2.05) is 7.05 Å². The molecule has 2 rings (SSSR count). The third-order valence-corrected chi connectivity index (χ3v) is 4.62. The summed E-state index contributed by atoms with van der Waals surface area (Å²) in [6.45, 7) is 11.7. The maximum atomic E-state index is 3.19. The van der Waals surface area contributed by atoms with Crippen molar-refractivity contribution >= 4 is 0 Å². The van der Waals surface area contributed by atoms with Crippen LogP contribution in [0.1, 0.15) is 44.7 Å². The van der Waals surface area contributed by atoms with Gasteiger partial charge in [0.1, 0.15) is 0 Å². The zero-order valence-electron chi connectivity index (χ0n) is 13.6. The Hall–Kier alpha value is -0.860. The highest BCUT2D eigenvalue weighted by molar-refractivity contribution is 5.22. The molecule has 0 aromatic heterocycles. The van der Waals surface area contributed by atoms with Crippen molar-refractivity contribution < 1.29 is 0 Å². The van der Waals surface area contributed by atoms with Gasteiger partial charge in [-0.05, 0) is 55.4 Å². The zero-order chi connectivity index (χ0) is 14.6. The van der Waals surface area contributed by atoms with Crippen molar-refractivity contribution in [3.05, 3.63) is 35.4 Å². The summed E-state index contributed by atoms with van der Waals surface area (Å²) in [4.78, 5) is 2.61. The highest BCUT2D eigenvalue weighted by Gasteiger charge is 2.28. The molecule has 0 atom stereocenters. The first-order valence-corrected chi connectivity index (χ1v) is 7.94. The van der Waals surface area contributed by atoms with Crippen LogP contribution in [0.15, 0.2) is 24.3 Å². The summed E-state index contributed by atoms with van der Waals surface area (Å²) in [7, 11) is 1.99. The fourth-order valence-electron chi connectivity index (χ4n) is 3.18. The van der Waals surface area contributed by atoms with Crippen LogP contribution in [0.2, 0.25) is 0 Å². The predicted octanol–water partition coefficient (Wildman–Crippen LogP) is 3.66. The van der Waals surface area contributed by atoms with Gasteiger partial charge in [-0.2, -0.15) is 0 Å². The maximum Gasteiger partial charge on any atom is 0.0233 e. The molecular weight excluding hydrogens is 244 g/mol. The van der Waals surface area contributed by atoms with Gasteiger partial charge in [0.2, 0.25) is 0 Å². The highest BCUT2D eigenvalue weighted by Crippen LogP contribution is 2.34. The highest BCUT2D eigenvalue weighted by atomic mass is 15.1. The average Bonchev–Trinajstić information content (AvgIpc) is 2.41. The molecule has 1 aliphatic rings. The third kappa shape index (κ3) is 4.32. The van der Waals surface area contributed by atoms with Crippen LogP contribution in [0.25, 0.3) is 0 Å². The van der Waals surface area contributed by atoms with Gasteiger partial charge in [-0.1, -0.05) is 45.0 Å². The van der Waals surface area contributed by atoms with Crippen molar-refractivity contribution in [1.29, 1.82) is 0 Å². The normalized spacial score (nSPS) is 18.4. The number of hydrogen-bond acceptors (Lipinski definition) is 2. The van der Waals surface area contributed by atoms with E-state index < -0.39 is 0 Å². The largest absolute Gasteiger partial charge is 0.316 e. The summed E-state index contributed by atoms with van der Waals surface area (Å²) in [5.74, 6) is 0.886. The summed E-state index contributed by atoms with van der Waals surface area (Å²) in [6, 6.07) is 9.05. The Morgan fingerprint density at radius 3 is 2.10 bits per heavy atom. The van der Waals surface area contributed by atoms with Crippen LogP contribution in [0.4, 0.5) is 0 Å². The first-order chi connectivity index (χ1) is 9.49. The lowest BCUT2D eigenvalue weighted by Crippen LogP contribution is -2.37. The second-order valence-corrected chi connectivity index (χ2v) is 7.26. The van der Waals surface area contributed by atoms with Crippen molar-refractivity contribution in [1.82, 2.24) is 10.2 Å². The number of piperidine rings is 1. The van der Waals surface area contributed by atoms with Crippen molar-refractivity contribution in [2.24, 2.45) is 11.3 Å². The molecule has 1 N–H and O–H groups in total. The summed E-state index contributed by atoms with van der Waals surface area (Å²) in [6.07, 6.45) is 2.70. The quantitative estimate of drug-likeness (QED) is 0.901. The third-order valence-electron chi connectivity index (χ3n) is 4.62. The molecule has 2 heteroatoms. The Labute approximate surface area is 124 Å². The average molecular weight is 274 g/mol. The predicted molar refractivity (Wildman–Crippen MR) is 86.7 cm³/mol. The van der Waals surface area contributed by atoms with E-state index in [0.29, 0.717) is 5.41 Å².